The number of hydrogen-bond acceptors (Lipinski definition) is 2. The smallest absolute Gasteiger partial charge is 0.115 e. The molecule has 100 valence electrons. The van der Waals surface area contributed by atoms with E-state index in [2.05, 4.69) is 18.7 Å². The Morgan fingerprint density at radius 2 is 2.06 bits per heavy atom. The van der Waals surface area contributed by atoms with E-state index in [1.54, 1.807) is 12.1 Å². The monoisotopic (exact) mass is 247 g/mol. The summed E-state index contributed by atoms with van der Waals surface area (Å²) in [6.45, 7) is 5.93. The second-order valence-electron chi connectivity index (χ2n) is 5.50. The minimum absolute atomic E-state index is 0.359. The molecule has 2 heteroatoms. The molecule has 1 aliphatic rings. The first-order valence-corrected chi connectivity index (χ1v) is 7.24. The molecule has 0 saturated carbocycles. The van der Waals surface area contributed by atoms with Crippen molar-refractivity contribution in [3.05, 3.63) is 29.8 Å². The molecule has 2 atom stereocenters. The van der Waals surface area contributed by atoms with Gasteiger partial charge in [-0.05, 0) is 63.3 Å². The van der Waals surface area contributed by atoms with Crippen LogP contribution in [0.25, 0.3) is 0 Å². The number of benzene rings is 1. The fourth-order valence-electron chi connectivity index (χ4n) is 3.08. The van der Waals surface area contributed by atoms with Gasteiger partial charge in [0.2, 0.25) is 0 Å². The number of hydrogen-bond donors (Lipinski definition) is 1. The van der Waals surface area contributed by atoms with Crippen molar-refractivity contribution in [2.45, 2.75) is 58.0 Å². The normalized spacial score (nSPS) is 22.2. The molecular formula is C16H25NO. The number of rotatable bonds is 5. The molecule has 0 radical (unpaired) electrons. The summed E-state index contributed by atoms with van der Waals surface area (Å²) in [6, 6.07) is 9.10. The number of nitrogens with zero attached hydrogens (tertiary/aromatic N) is 1. The summed E-state index contributed by atoms with van der Waals surface area (Å²) in [5, 5.41) is 9.27. The van der Waals surface area contributed by atoms with Gasteiger partial charge in [0.15, 0.2) is 0 Å². The van der Waals surface area contributed by atoms with Crippen LogP contribution in [0, 0.1) is 0 Å². The highest BCUT2D eigenvalue weighted by atomic mass is 16.3. The fourth-order valence-corrected chi connectivity index (χ4v) is 3.08. The summed E-state index contributed by atoms with van der Waals surface area (Å²) < 4.78 is 0. The SMILES string of the molecule is CCC1CCCN1C(C)CCc1ccc(O)cc1. The van der Waals surface area contributed by atoms with Crippen LogP contribution in [0.2, 0.25) is 0 Å². The Kier molecular flexibility index (Phi) is 4.65. The van der Waals surface area contributed by atoms with Crippen LogP contribution in [-0.4, -0.2) is 28.6 Å². The van der Waals surface area contributed by atoms with Crippen molar-refractivity contribution in [3.8, 4) is 5.75 Å². The Morgan fingerprint density at radius 3 is 2.72 bits per heavy atom. The quantitative estimate of drug-likeness (QED) is 0.859. The van der Waals surface area contributed by atoms with Crippen LogP contribution < -0.4 is 0 Å². The van der Waals surface area contributed by atoms with E-state index in [4.69, 9.17) is 0 Å². The lowest BCUT2D eigenvalue weighted by atomic mass is 10.0. The first-order valence-electron chi connectivity index (χ1n) is 7.24. The largest absolute Gasteiger partial charge is 0.508 e. The van der Waals surface area contributed by atoms with Crippen LogP contribution in [-0.2, 0) is 6.42 Å². The molecule has 2 rings (SSSR count). The standard InChI is InChI=1S/C16H25NO/c1-3-15-5-4-12-17(15)13(2)6-7-14-8-10-16(18)11-9-14/h8-11,13,15,18H,3-7,12H2,1-2H3. The minimum atomic E-state index is 0.359. The van der Waals surface area contributed by atoms with Crippen molar-refractivity contribution in [3.63, 3.8) is 0 Å². The zero-order chi connectivity index (χ0) is 13.0. The van der Waals surface area contributed by atoms with Gasteiger partial charge in [0.25, 0.3) is 0 Å². The number of phenols is 1. The van der Waals surface area contributed by atoms with Gasteiger partial charge in [0, 0.05) is 12.1 Å². The predicted octanol–water partition coefficient (Wildman–Crippen LogP) is 3.59. The molecular weight excluding hydrogens is 222 g/mol. The Morgan fingerprint density at radius 1 is 1.33 bits per heavy atom. The highest BCUT2D eigenvalue weighted by molar-refractivity contribution is 5.25. The van der Waals surface area contributed by atoms with Gasteiger partial charge in [-0.3, -0.25) is 4.90 Å². The van der Waals surface area contributed by atoms with Gasteiger partial charge >= 0.3 is 0 Å². The van der Waals surface area contributed by atoms with E-state index in [1.165, 1.54) is 37.8 Å². The molecule has 1 fully saturated rings. The summed E-state index contributed by atoms with van der Waals surface area (Å²) in [6.07, 6.45) is 6.33. The van der Waals surface area contributed by atoms with Crippen LogP contribution in [0.4, 0.5) is 0 Å². The van der Waals surface area contributed by atoms with Gasteiger partial charge in [0.05, 0.1) is 0 Å². The molecule has 1 aromatic rings. The van der Waals surface area contributed by atoms with E-state index in [0.29, 0.717) is 11.8 Å². The maximum absolute atomic E-state index is 9.27. The van der Waals surface area contributed by atoms with Crippen molar-refractivity contribution in [1.82, 2.24) is 4.90 Å². The summed E-state index contributed by atoms with van der Waals surface area (Å²) in [7, 11) is 0. The van der Waals surface area contributed by atoms with Crippen molar-refractivity contribution in [2.24, 2.45) is 0 Å². The van der Waals surface area contributed by atoms with Gasteiger partial charge < -0.3 is 5.11 Å². The molecule has 2 nitrogen and oxygen atoms in total. The number of phenolic OH excluding ortho intramolecular Hbond substituents is 1. The Hall–Kier alpha value is -1.02. The fraction of sp³-hybridized carbons (Fsp3) is 0.625. The highest BCUT2D eigenvalue weighted by Gasteiger charge is 2.26. The summed E-state index contributed by atoms with van der Waals surface area (Å²) in [5.74, 6) is 0.359. The summed E-state index contributed by atoms with van der Waals surface area (Å²) >= 11 is 0. The second-order valence-corrected chi connectivity index (χ2v) is 5.50. The molecule has 0 spiro atoms. The van der Waals surface area contributed by atoms with E-state index in [-0.39, 0.29) is 0 Å². The van der Waals surface area contributed by atoms with Crippen LogP contribution >= 0.6 is 0 Å². The molecule has 1 aliphatic heterocycles. The lowest BCUT2D eigenvalue weighted by Crippen LogP contribution is -2.37. The average molecular weight is 247 g/mol. The van der Waals surface area contributed by atoms with Gasteiger partial charge in [-0.15, -0.1) is 0 Å². The van der Waals surface area contributed by atoms with Gasteiger partial charge in [0.1, 0.15) is 5.75 Å². The maximum atomic E-state index is 9.27. The van der Waals surface area contributed by atoms with Gasteiger partial charge in [-0.25, -0.2) is 0 Å². The molecule has 2 unspecified atom stereocenters. The molecule has 1 aromatic carbocycles. The number of likely N-dealkylation sites (tertiary alicyclic amines) is 1. The predicted molar refractivity (Wildman–Crippen MR) is 75.9 cm³/mol. The molecule has 0 bridgehead atoms. The average Bonchev–Trinajstić information content (AvgIpc) is 2.86. The van der Waals surface area contributed by atoms with E-state index < -0.39 is 0 Å². The summed E-state index contributed by atoms with van der Waals surface area (Å²) in [4.78, 5) is 2.68. The van der Waals surface area contributed by atoms with Crippen molar-refractivity contribution in [1.29, 1.82) is 0 Å². The first kappa shape index (κ1) is 13.4. The van der Waals surface area contributed by atoms with Gasteiger partial charge in [-0.1, -0.05) is 19.1 Å². The molecule has 0 aliphatic carbocycles. The Labute approximate surface area is 111 Å². The zero-order valence-electron chi connectivity index (χ0n) is 11.6. The highest BCUT2D eigenvalue weighted by Crippen LogP contribution is 2.24. The molecule has 0 amide bonds. The van der Waals surface area contributed by atoms with Gasteiger partial charge in [-0.2, -0.15) is 0 Å². The second kappa shape index (κ2) is 6.24. The number of aryl methyl sites for hydroxylation is 1. The lowest BCUT2D eigenvalue weighted by Gasteiger charge is -2.30. The van der Waals surface area contributed by atoms with Crippen LogP contribution in [0.15, 0.2) is 24.3 Å². The molecule has 1 heterocycles. The van der Waals surface area contributed by atoms with Crippen LogP contribution in [0.1, 0.15) is 45.1 Å². The third-order valence-electron chi connectivity index (χ3n) is 4.25. The van der Waals surface area contributed by atoms with E-state index in [0.717, 1.165) is 12.5 Å². The Bertz CT molecular complexity index is 360. The third-order valence-corrected chi connectivity index (χ3v) is 4.25. The van der Waals surface area contributed by atoms with Crippen LogP contribution in [0.5, 0.6) is 5.75 Å². The molecule has 18 heavy (non-hydrogen) atoms. The molecule has 1 saturated heterocycles. The van der Waals surface area contributed by atoms with Crippen molar-refractivity contribution in [2.75, 3.05) is 6.54 Å². The summed E-state index contributed by atoms with van der Waals surface area (Å²) in [5.41, 5.74) is 1.33. The minimum Gasteiger partial charge on any atom is -0.508 e. The maximum Gasteiger partial charge on any atom is 0.115 e. The lowest BCUT2D eigenvalue weighted by molar-refractivity contribution is 0.179. The molecule has 1 N–H and O–H groups in total. The zero-order valence-corrected chi connectivity index (χ0v) is 11.6. The molecule has 0 aromatic heterocycles. The van der Waals surface area contributed by atoms with Crippen molar-refractivity contribution >= 4 is 0 Å². The van der Waals surface area contributed by atoms with Crippen LogP contribution in [0.3, 0.4) is 0 Å². The third kappa shape index (κ3) is 3.26. The number of aromatic hydroxyl groups is 1. The Balaban J connectivity index is 1.84. The van der Waals surface area contributed by atoms with E-state index in [9.17, 15) is 5.11 Å². The topological polar surface area (TPSA) is 23.5 Å². The first-order chi connectivity index (χ1) is 8.70. The van der Waals surface area contributed by atoms with Crippen molar-refractivity contribution < 1.29 is 5.11 Å². The van der Waals surface area contributed by atoms with E-state index >= 15 is 0 Å². The van der Waals surface area contributed by atoms with E-state index in [1.807, 2.05) is 12.1 Å².